The summed E-state index contributed by atoms with van der Waals surface area (Å²) in [7, 11) is 0. The number of anilines is 1. The highest BCUT2D eigenvalue weighted by Gasteiger charge is 2.43. The predicted octanol–water partition coefficient (Wildman–Crippen LogP) is 3.48. The van der Waals surface area contributed by atoms with Crippen molar-refractivity contribution in [2.45, 2.75) is 31.2 Å². The number of halogens is 1. The Bertz CT molecular complexity index is 1040. The molecule has 0 N–H and O–H groups in total. The number of hydrogen-bond donors (Lipinski definition) is 0. The molecule has 0 aliphatic carbocycles. The molecule has 5 rings (SSSR count). The average Bonchev–Trinajstić information content (AvgIpc) is 3.30. The highest BCUT2D eigenvalue weighted by Crippen LogP contribution is 2.33. The number of nitrogens with zero attached hydrogens (tertiary/aromatic N) is 3. The first-order chi connectivity index (χ1) is 14.1. The molecule has 0 bridgehead atoms. The van der Waals surface area contributed by atoms with Crippen LogP contribution in [0, 0.1) is 5.82 Å². The van der Waals surface area contributed by atoms with E-state index in [2.05, 4.69) is 9.88 Å². The molecule has 2 saturated heterocycles. The highest BCUT2D eigenvalue weighted by molar-refractivity contribution is 6.22. The van der Waals surface area contributed by atoms with Gasteiger partial charge in [0.2, 0.25) is 5.91 Å². The number of benzene rings is 2. The second-order valence-electron chi connectivity index (χ2n) is 7.59. The van der Waals surface area contributed by atoms with E-state index in [1.165, 1.54) is 29.2 Å². The van der Waals surface area contributed by atoms with Gasteiger partial charge in [0.25, 0.3) is 5.91 Å². The Hall–Kier alpha value is -3.06. The second kappa shape index (κ2) is 7.08. The standard InChI is InChI=1S/C22H20FN3O3/c23-15-5-7-16(8-6-15)26-20(27)13-18(22(26)28)25-11-9-14(10-12-25)21-24-17-3-1-2-4-19(17)29-21/h1-8,14,18H,9-13H2. The van der Waals surface area contributed by atoms with Crippen LogP contribution in [-0.4, -0.2) is 40.8 Å². The third kappa shape index (κ3) is 3.21. The maximum atomic E-state index is 13.2. The van der Waals surface area contributed by atoms with Gasteiger partial charge < -0.3 is 4.42 Å². The van der Waals surface area contributed by atoms with Crippen molar-refractivity contribution < 1.29 is 18.4 Å². The van der Waals surface area contributed by atoms with Crippen LogP contribution in [0.25, 0.3) is 11.1 Å². The summed E-state index contributed by atoms with van der Waals surface area (Å²) in [5.74, 6) is 0.0759. The van der Waals surface area contributed by atoms with Crippen molar-refractivity contribution in [3.8, 4) is 0 Å². The van der Waals surface area contributed by atoms with Crippen molar-refractivity contribution >= 4 is 28.6 Å². The number of hydrogen-bond acceptors (Lipinski definition) is 5. The van der Waals surface area contributed by atoms with Crippen LogP contribution < -0.4 is 4.90 Å². The number of para-hydroxylation sites is 2. The number of piperidine rings is 1. The van der Waals surface area contributed by atoms with E-state index in [-0.39, 0.29) is 24.2 Å². The fourth-order valence-corrected chi connectivity index (χ4v) is 4.29. The minimum absolute atomic E-state index is 0.157. The number of likely N-dealkylation sites (tertiary alicyclic amines) is 1. The smallest absolute Gasteiger partial charge is 0.251 e. The van der Waals surface area contributed by atoms with E-state index in [4.69, 9.17) is 4.42 Å². The Morgan fingerprint density at radius 2 is 1.72 bits per heavy atom. The monoisotopic (exact) mass is 393 g/mol. The van der Waals surface area contributed by atoms with Gasteiger partial charge in [0.15, 0.2) is 11.5 Å². The van der Waals surface area contributed by atoms with Gasteiger partial charge in [-0.15, -0.1) is 0 Å². The lowest BCUT2D eigenvalue weighted by molar-refractivity contribution is -0.123. The number of oxazole rings is 1. The number of fused-ring (bicyclic) bond motifs is 1. The van der Waals surface area contributed by atoms with Gasteiger partial charge in [-0.25, -0.2) is 14.3 Å². The van der Waals surface area contributed by atoms with E-state index in [1.807, 2.05) is 24.3 Å². The van der Waals surface area contributed by atoms with Gasteiger partial charge in [0.1, 0.15) is 11.3 Å². The predicted molar refractivity (Wildman–Crippen MR) is 105 cm³/mol. The van der Waals surface area contributed by atoms with Gasteiger partial charge >= 0.3 is 0 Å². The Morgan fingerprint density at radius 1 is 1.00 bits per heavy atom. The lowest BCUT2D eigenvalue weighted by Crippen LogP contribution is -2.45. The van der Waals surface area contributed by atoms with Crippen LogP contribution in [0.5, 0.6) is 0 Å². The zero-order valence-corrected chi connectivity index (χ0v) is 15.8. The van der Waals surface area contributed by atoms with Gasteiger partial charge in [-0.3, -0.25) is 14.5 Å². The van der Waals surface area contributed by atoms with Gasteiger partial charge in [0.05, 0.1) is 18.2 Å². The highest BCUT2D eigenvalue weighted by atomic mass is 19.1. The summed E-state index contributed by atoms with van der Waals surface area (Å²) in [5.41, 5.74) is 2.07. The largest absolute Gasteiger partial charge is 0.440 e. The molecule has 2 aromatic carbocycles. The van der Waals surface area contributed by atoms with E-state index >= 15 is 0 Å². The average molecular weight is 393 g/mol. The van der Waals surface area contributed by atoms with E-state index < -0.39 is 11.9 Å². The molecule has 3 aromatic rings. The van der Waals surface area contributed by atoms with Gasteiger partial charge in [-0.05, 0) is 62.3 Å². The van der Waals surface area contributed by atoms with E-state index in [1.54, 1.807) is 0 Å². The van der Waals surface area contributed by atoms with Crippen LogP contribution in [0.15, 0.2) is 52.9 Å². The molecule has 0 spiro atoms. The SMILES string of the molecule is O=C1CC(N2CCC(c3nc4ccccc4o3)CC2)C(=O)N1c1ccc(F)cc1. The zero-order chi connectivity index (χ0) is 20.0. The van der Waals surface area contributed by atoms with Crippen molar-refractivity contribution in [3.63, 3.8) is 0 Å². The van der Waals surface area contributed by atoms with Gasteiger partial charge in [-0.1, -0.05) is 12.1 Å². The third-order valence-corrected chi connectivity index (χ3v) is 5.84. The van der Waals surface area contributed by atoms with E-state index in [0.29, 0.717) is 18.8 Å². The summed E-state index contributed by atoms with van der Waals surface area (Å²) >= 11 is 0. The maximum Gasteiger partial charge on any atom is 0.251 e. The van der Waals surface area contributed by atoms with Crippen molar-refractivity contribution in [2.24, 2.45) is 0 Å². The topological polar surface area (TPSA) is 66.7 Å². The van der Waals surface area contributed by atoms with E-state index in [0.717, 1.165) is 29.8 Å². The number of aromatic nitrogens is 1. The fourth-order valence-electron chi connectivity index (χ4n) is 4.29. The summed E-state index contributed by atoms with van der Waals surface area (Å²) in [6, 6.07) is 12.7. The van der Waals surface area contributed by atoms with E-state index in [9.17, 15) is 14.0 Å². The summed E-state index contributed by atoms with van der Waals surface area (Å²) in [6.07, 6.45) is 1.80. The molecule has 3 heterocycles. The Morgan fingerprint density at radius 3 is 2.45 bits per heavy atom. The lowest BCUT2D eigenvalue weighted by Gasteiger charge is -2.33. The van der Waals surface area contributed by atoms with Crippen molar-refractivity contribution in [1.29, 1.82) is 0 Å². The second-order valence-corrected chi connectivity index (χ2v) is 7.59. The summed E-state index contributed by atoms with van der Waals surface area (Å²) in [6.45, 7) is 1.40. The molecule has 148 valence electrons. The third-order valence-electron chi connectivity index (χ3n) is 5.84. The molecule has 7 heteroatoms. The Kier molecular flexibility index (Phi) is 4.39. The summed E-state index contributed by atoms with van der Waals surface area (Å²) in [4.78, 5) is 33.2. The van der Waals surface area contributed by atoms with Crippen molar-refractivity contribution in [2.75, 3.05) is 18.0 Å². The van der Waals surface area contributed by atoms with Crippen LogP contribution in [0.3, 0.4) is 0 Å². The summed E-state index contributed by atoms with van der Waals surface area (Å²) in [5, 5.41) is 0. The number of carbonyl (C=O) groups is 2. The van der Waals surface area contributed by atoms with Crippen molar-refractivity contribution in [1.82, 2.24) is 9.88 Å². The first-order valence-corrected chi connectivity index (χ1v) is 9.82. The first kappa shape index (κ1) is 18.0. The molecule has 1 aromatic heterocycles. The van der Waals surface area contributed by atoms with Crippen LogP contribution >= 0.6 is 0 Å². The quantitative estimate of drug-likeness (QED) is 0.638. The Labute approximate surface area is 166 Å². The number of carbonyl (C=O) groups excluding carboxylic acids is 2. The molecule has 6 nitrogen and oxygen atoms in total. The normalized spacial score (nSPS) is 21.4. The van der Waals surface area contributed by atoms with Gasteiger partial charge in [0, 0.05) is 5.92 Å². The molecular weight excluding hydrogens is 373 g/mol. The molecular formula is C22H20FN3O3. The summed E-state index contributed by atoms with van der Waals surface area (Å²) < 4.78 is 19.1. The fraction of sp³-hybridized carbons (Fsp3) is 0.318. The Balaban J connectivity index is 1.27. The molecule has 2 aliphatic heterocycles. The number of rotatable bonds is 3. The van der Waals surface area contributed by atoms with Crippen LogP contribution in [0.2, 0.25) is 0 Å². The lowest BCUT2D eigenvalue weighted by atomic mass is 9.95. The molecule has 0 saturated carbocycles. The van der Waals surface area contributed by atoms with Crippen LogP contribution in [0.1, 0.15) is 31.1 Å². The molecule has 2 amide bonds. The number of imide groups is 1. The zero-order valence-electron chi connectivity index (χ0n) is 15.8. The van der Waals surface area contributed by atoms with Crippen LogP contribution in [0.4, 0.5) is 10.1 Å². The number of amides is 2. The first-order valence-electron chi connectivity index (χ1n) is 9.82. The van der Waals surface area contributed by atoms with Gasteiger partial charge in [-0.2, -0.15) is 0 Å². The minimum Gasteiger partial charge on any atom is -0.440 e. The van der Waals surface area contributed by atoms with Crippen LogP contribution in [-0.2, 0) is 9.59 Å². The maximum absolute atomic E-state index is 13.2. The molecule has 1 unspecified atom stereocenters. The molecule has 0 radical (unpaired) electrons. The molecule has 29 heavy (non-hydrogen) atoms. The molecule has 2 aliphatic rings. The minimum atomic E-state index is -0.461. The molecule has 2 fully saturated rings. The van der Waals surface area contributed by atoms with Crippen molar-refractivity contribution in [3.05, 3.63) is 60.2 Å². The molecule has 1 atom stereocenters.